The summed E-state index contributed by atoms with van der Waals surface area (Å²) < 4.78 is 5.93. The van der Waals surface area contributed by atoms with Crippen molar-refractivity contribution in [3.63, 3.8) is 0 Å². The molecule has 3 atom stereocenters. The maximum Gasteiger partial charge on any atom is 0.191 e. The van der Waals surface area contributed by atoms with Gasteiger partial charge in [0.05, 0.1) is 12.6 Å². The van der Waals surface area contributed by atoms with Crippen LogP contribution in [0.3, 0.4) is 0 Å². The number of ether oxygens (including phenoxy) is 1. The Bertz CT molecular complexity index is 488. The molecule has 0 radical (unpaired) electrons. The van der Waals surface area contributed by atoms with E-state index in [0.29, 0.717) is 18.1 Å². The molecule has 3 rings (SSSR count). The van der Waals surface area contributed by atoms with Gasteiger partial charge in [0.1, 0.15) is 0 Å². The summed E-state index contributed by atoms with van der Waals surface area (Å²) in [5.74, 6) is 1.60. The molecular formula is C20H39IN4O. The van der Waals surface area contributed by atoms with E-state index in [1.54, 1.807) is 0 Å². The fraction of sp³-hybridized carbons (Fsp3) is 0.950. The Balaban J connectivity index is 0.00000243. The van der Waals surface area contributed by atoms with E-state index >= 15 is 0 Å². The lowest BCUT2D eigenvalue weighted by molar-refractivity contribution is -0.106. The molecule has 152 valence electrons. The molecule has 3 unspecified atom stereocenters. The van der Waals surface area contributed by atoms with E-state index in [-0.39, 0.29) is 34.9 Å². The van der Waals surface area contributed by atoms with Crippen LogP contribution in [0.15, 0.2) is 4.99 Å². The number of hydrogen-bond donors (Lipinski definition) is 2. The van der Waals surface area contributed by atoms with Crippen LogP contribution >= 0.6 is 24.0 Å². The van der Waals surface area contributed by atoms with Crippen molar-refractivity contribution < 1.29 is 4.74 Å². The number of rotatable bonds is 5. The second-order valence-electron chi connectivity index (χ2n) is 9.24. The Morgan fingerprint density at radius 3 is 2.58 bits per heavy atom. The number of likely N-dealkylation sites (tertiary alicyclic amines) is 1. The lowest BCUT2D eigenvalue weighted by atomic mass is 9.57. The number of hydrogen-bond acceptors (Lipinski definition) is 3. The number of piperidine rings is 1. The molecule has 2 heterocycles. The Hall–Kier alpha value is -0.0800. The van der Waals surface area contributed by atoms with Gasteiger partial charge in [0.2, 0.25) is 0 Å². The fourth-order valence-electron chi connectivity index (χ4n) is 4.96. The number of halogens is 1. The van der Waals surface area contributed by atoms with E-state index in [2.05, 4.69) is 50.2 Å². The lowest BCUT2D eigenvalue weighted by Crippen LogP contribution is -2.68. The number of nitrogens with zero attached hydrogens (tertiary/aromatic N) is 2. The van der Waals surface area contributed by atoms with Crippen LogP contribution in [0.4, 0.5) is 0 Å². The minimum absolute atomic E-state index is 0. The van der Waals surface area contributed by atoms with Gasteiger partial charge in [-0.1, -0.05) is 20.3 Å². The van der Waals surface area contributed by atoms with Crippen LogP contribution in [0.1, 0.15) is 60.3 Å². The van der Waals surface area contributed by atoms with Crippen molar-refractivity contribution in [2.75, 3.05) is 32.8 Å². The zero-order valence-corrected chi connectivity index (χ0v) is 19.6. The summed E-state index contributed by atoms with van der Waals surface area (Å²) in [6, 6.07) is 0.455. The molecule has 0 aromatic carbocycles. The molecule has 2 aliphatic heterocycles. The smallest absolute Gasteiger partial charge is 0.191 e. The van der Waals surface area contributed by atoms with Gasteiger partial charge in [-0.2, -0.15) is 0 Å². The van der Waals surface area contributed by atoms with E-state index in [1.807, 2.05) is 0 Å². The molecule has 2 saturated heterocycles. The molecule has 3 aliphatic rings. The van der Waals surface area contributed by atoms with E-state index in [9.17, 15) is 0 Å². The van der Waals surface area contributed by atoms with E-state index < -0.39 is 0 Å². The molecule has 0 aromatic rings. The second kappa shape index (κ2) is 8.95. The van der Waals surface area contributed by atoms with E-state index in [4.69, 9.17) is 9.73 Å². The average Bonchev–Trinajstić information content (AvgIpc) is 3.05. The second-order valence-corrected chi connectivity index (χ2v) is 9.24. The monoisotopic (exact) mass is 478 g/mol. The Morgan fingerprint density at radius 2 is 1.92 bits per heavy atom. The summed E-state index contributed by atoms with van der Waals surface area (Å²) in [5.41, 5.74) is 0.302. The topological polar surface area (TPSA) is 48.9 Å². The summed E-state index contributed by atoms with van der Waals surface area (Å²) in [6.07, 6.45) is 5.61. The van der Waals surface area contributed by atoms with Crippen LogP contribution in [0.2, 0.25) is 0 Å². The van der Waals surface area contributed by atoms with Crippen LogP contribution in [-0.4, -0.2) is 61.3 Å². The van der Waals surface area contributed by atoms with Gasteiger partial charge in [-0.3, -0.25) is 9.89 Å². The molecule has 3 fully saturated rings. The Morgan fingerprint density at radius 1 is 1.23 bits per heavy atom. The summed E-state index contributed by atoms with van der Waals surface area (Å²) in [7, 11) is 0. The summed E-state index contributed by atoms with van der Waals surface area (Å²) in [4.78, 5) is 7.58. The van der Waals surface area contributed by atoms with Crippen LogP contribution in [0.5, 0.6) is 0 Å². The number of aliphatic imine (C=N–C) groups is 1. The average molecular weight is 478 g/mol. The van der Waals surface area contributed by atoms with Crippen LogP contribution in [0.25, 0.3) is 0 Å². The summed E-state index contributed by atoms with van der Waals surface area (Å²) in [6.45, 7) is 16.5. The van der Waals surface area contributed by atoms with Crippen LogP contribution in [-0.2, 0) is 4.74 Å². The fourth-order valence-corrected chi connectivity index (χ4v) is 4.96. The standard InChI is InChI=1S/C20H38N4O.HI/c1-6-21-18(22-14-19(2,3)24-11-8-7-9-12-24)23-16-15-10-13-25-17(15)20(16,4)5;/h15-17H,6-14H2,1-5H3,(H2,21,22,23);1H. The van der Waals surface area contributed by atoms with Gasteiger partial charge >= 0.3 is 0 Å². The zero-order chi connectivity index (χ0) is 18.1. The summed E-state index contributed by atoms with van der Waals surface area (Å²) >= 11 is 0. The van der Waals surface area contributed by atoms with Gasteiger partial charge < -0.3 is 15.4 Å². The number of nitrogens with one attached hydrogen (secondary N) is 2. The Labute approximate surface area is 177 Å². The molecule has 6 heteroatoms. The minimum atomic E-state index is 0. The zero-order valence-electron chi connectivity index (χ0n) is 17.3. The summed E-state index contributed by atoms with van der Waals surface area (Å²) in [5, 5.41) is 7.19. The maximum absolute atomic E-state index is 5.93. The van der Waals surface area contributed by atoms with Gasteiger partial charge in [0.15, 0.2) is 5.96 Å². The minimum Gasteiger partial charge on any atom is -0.377 e. The van der Waals surface area contributed by atoms with E-state index in [0.717, 1.165) is 25.7 Å². The number of guanidine groups is 1. The maximum atomic E-state index is 5.93. The highest BCUT2D eigenvalue weighted by atomic mass is 127. The molecule has 0 bridgehead atoms. The van der Waals surface area contributed by atoms with Crippen molar-refractivity contribution in [1.29, 1.82) is 0 Å². The third-order valence-electron chi connectivity index (χ3n) is 6.57. The van der Waals surface area contributed by atoms with Gasteiger partial charge in [-0.25, -0.2) is 0 Å². The van der Waals surface area contributed by atoms with Crippen molar-refractivity contribution in [2.45, 2.75) is 78.0 Å². The highest BCUT2D eigenvalue weighted by molar-refractivity contribution is 14.0. The molecule has 0 aromatic heterocycles. The number of fused-ring (bicyclic) bond motifs is 1. The molecular weight excluding hydrogens is 439 g/mol. The molecule has 1 aliphatic carbocycles. The Kier molecular flexibility index (Phi) is 7.64. The van der Waals surface area contributed by atoms with Crippen molar-refractivity contribution >= 4 is 29.9 Å². The van der Waals surface area contributed by atoms with Crippen LogP contribution in [0, 0.1) is 11.3 Å². The largest absolute Gasteiger partial charge is 0.377 e. The predicted octanol–water partition coefficient (Wildman–Crippen LogP) is 3.24. The molecule has 0 amide bonds. The SMILES string of the molecule is CCNC(=NCC(C)(C)N1CCCCC1)NC1C2CCOC2C1(C)C.I. The molecule has 0 spiro atoms. The first-order chi connectivity index (χ1) is 11.9. The van der Waals surface area contributed by atoms with E-state index in [1.165, 1.54) is 38.8 Å². The normalized spacial score (nSPS) is 31.6. The predicted molar refractivity (Wildman–Crippen MR) is 119 cm³/mol. The third kappa shape index (κ3) is 4.49. The first-order valence-corrected chi connectivity index (χ1v) is 10.3. The molecule has 26 heavy (non-hydrogen) atoms. The van der Waals surface area contributed by atoms with Crippen molar-refractivity contribution in [2.24, 2.45) is 16.3 Å². The van der Waals surface area contributed by atoms with Gasteiger partial charge in [-0.15, -0.1) is 24.0 Å². The molecule has 1 saturated carbocycles. The highest BCUT2D eigenvalue weighted by Gasteiger charge is 2.59. The molecule has 2 N–H and O–H groups in total. The van der Waals surface area contributed by atoms with Crippen molar-refractivity contribution in [1.82, 2.24) is 15.5 Å². The van der Waals surface area contributed by atoms with Crippen molar-refractivity contribution in [3.05, 3.63) is 0 Å². The van der Waals surface area contributed by atoms with Crippen molar-refractivity contribution in [3.8, 4) is 0 Å². The lowest BCUT2D eigenvalue weighted by Gasteiger charge is -2.55. The first-order valence-electron chi connectivity index (χ1n) is 10.3. The molecule has 5 nitrogen and oxygen atoms in total. The van der Waals surface area contributed by atoms with Gasteiger partial charge in [0, 0.05) is 36.1 Å². The van der Waals surface area contributed by atoms with Gasteiger partial charge in [-0.05, 0) is 53.1 Å². The van der Waals surface area contributed by atoms with Crippen LogP contribution < -0.4 is 10.6 Å². The quantitative estimate of drug-likeness (QED) is 0.362. The highest BCUT2D eigenvalue weighted by Crippen LogP contribution is 2.52. The first kappa shape index (κ1) is 22.2. The van der Waals surface area contributed by atoms with Gasteiger partial charge in [0.25, 0.3) is 0 Å². The third-order valence-corrected chi connectivity index (χ3v) is 6.57.